The van der Waals surface area contributed by atoms with Gasteiger partial charge in [-0.3, -0.25) is 4.90 Å². The topological polar surface area (TPSA) is 46.9 Å². The fourth-order valence-corrected chi connectivity index (χ4v) is 2.05. The summed E-state index contributed by atoms with van der Waals surface area (Å²) in [6.45, 7) is 5.38. The van der Waals surface area contributed by atoms with Gasteiger partial charge in [0.1, 0.15) is 5.82 Å². The Morgan fingerprint density at radius 1 is 1.20 bits per heavy atom. The number of halogens is 1. The lowest BCUT2D eigenvalue weighted by atomic mass is 9.80. The van der Waals surface area contributed by atoms with Crippen LogP contribution < -0.4 is 5.46 Å². The van der Waals surface area contributed by atoms with Gasteiger partial charge in [0, 0.05) is 12.1 Å². The summed E-state index contributed by atoms with van der Waals surface area (Å²) in [4.78, 5) is 4.31. The summed E-state index contributed by atoms with van der Waals surface area (Å²) in [5.41, 5.74) is 0.767. The van der Waals surface area contributed by atoms with Crippen molar-refractivity contribution in [2.75, 3.05) is 33.7 Å². The summed E-state index contributed by atoms with van der Waals surface area (Å²) in [5.74, 6) is -0.387. The molecule has 6 heteroatoms. The Labute approximate surface area is 121 Å². The molecule has 0 atom stereocenters. The van der Waals surface area contributed by atoms with Crippen LogP contribution >= 0.6 is 0 Å². The number of benzene rings is 1. The quantitative estimate of drug-likeness (QED) is 0.672. The minimum Gasteiger partial charge on any atom is -0.423 e. The molecule has 0 heterocycles. The first-order valence-corrected chi connectivity index (χ1v) is 6.95. The van der Waals surface area contributed by atoms with Crippen molar-refractivity contribution in [1.29, 1.82) is 0 Å². The molecule has 2 N–H and O–H groups in total. The normalized spacial score (nSPS) is 11.4. The summed E-state index contributed by atoms with van der Waals surface area (Å²) in [5, 5.41) is 18.0. The molecule has 112 valence electrons. The first kappa shape index (κ1) is 17.1. The van der Waals surface area contributed by atoms with Crippen LogP contribution in [0.25, 0.3) is 0 Å². The molecule has 0 radical (unpaired) electrons. The Hall–Kier alpha value is -0.945. The molecule has 4 nitrogen and oxygen atoms in total. The van der Waals surface area contributed by atoms with E-state index in [2.05, 4.69) is 16.7 Å². The van der Waals surface area contributed by atoms with E-state index in [4.69, 9.17) is 10.0 Å². The van der Waals surface area contributed by atoms with Gasteiger partial charge in [-0.2, -0.15) is 0 Å². The van der Waals surface area contributed by atoms with Gasteiger partial charge < -0.3 is 14.9 Å². The number of rotatable bonds is 8. The highest BCUT2D eigenvalue weighted by Crippen LogP contribution is 2.09. The molecule has 0 aliphatic rings. The van der Waals surface area contributed by atoms with Crippen LogP contribution in [0.3, 0.4) is 0 Å². The van der Waals surface area contributed by atoms with E-state index in [9.17, 15) is 4.39 Å². The van der Waals surface area contributed by atoms with Crippen molar-refractivity contribution in [3.63, 3.8) is 0 Å². The molecule has 0 aliphatic carbocycles. The van der Waals surface area contributed by atoms with Crippen LogP contribution in [0.1, 0.15) is 18.9 Å². The summed E-state index contributed by atoms with van der Waals surface area (Å²) >= 11 is 0. The number of hydrogen-bond donors (Lipinski definition) is 2. The van der Waals surface area contributed by atoms with Gasteiger partial charge in [-0.25, -0.2) is 4.39 Å². The van der Waals surface area contributed by atoms with E-state index in [-0.39, 0.29) is 11.3 Å². The van der Waals surface area contributed by atoms with Crippen molar-refractivity contribution < 1.29 is 14.4 Å². The average Bonchev–Trinajstić information content (AvgIpc) is 2.38. The predicted molar refractivity (Wildman–Crippen MR) is 80.3 cm³/mol. The molecule has 0 aromatic heterocycles. The molecule has 1 rings (SSSR count). The highest BCUT2D eigenvalue weighted by Gasteiger charge is 2.14. The van der Waals surface area contributed by atoms with Gasteiger partial charge in [-0.05, 0) is 51.7 Å². The predicted octanol–water partition coefficient (Wildman–Crippen LogP) is 0.279. The Kier molecular flexibility index (Phi) is 7.16. The van der Waals surface area contributed by atoms with Crippen molar-refractivity contribution in [2.24, 2.45) is 0 Å². The fourth-order valence-electron chi connectivity index (χ4n) is 2.05. The van der Waals surface area contributed by atoms with E-state index in [1.807, 2.05) is 14.1 Å². The SMILES string of the molecule is CCN(CCCN(C)C)Cc1ccc(B(O)O)cc1F. The minimum absolute atomic E-state index is 0.182. The van der Waals surface area contributed by atoms with Crippen LogP contribution in [-0.2, 0) is 6.54 Å². The van der Waals surface area contributed by atoms with Crippen molar-refractivity contribution in [3.8, 4) is 0 Å². The molecule has 0 amide bonds. The summed E-state index contributed by atoms with van der Waals surface area (Å²) in [7, 11) is 2.45. The molecule has 0 unspecified atom stereocenters. The van der Waals surface area contributed by atoms with Gasteiger partial charge in [0.2, 0.25) is 0 Å². The Morgan fingerprint density at radius 2 is 1.90 bits per heavy atom. The van der Waals surface area contributed by atoms with Gasteiger partial charge in [0.25, 0.3) is 0 Å². The minimum atomic E-state index is -1.62. The van der Waals surface area contributed by atoms with Crippen LogP contribution in [0.4, 0.5) is 4.39 Å². The van der Waals surface area contributed by atoms with Gasteiger partial charge in [0.15, 0.2) is 0 Å². The molecule has 0 spiro atoms. The van der Waals surface area contributed by atoms with Crippen LogP contribution in [0.15, 0.2) is 18.2 Å². The highest BCUT2D eigenvalue weighted by atomic mass is 19.1. The second kappa shape index (κ2) is 8.37. The molecule has 20 heavy (non-hydrogen) atoms. The molecule has 0 bridgehead atoms. The van der Waals surface area contributed by atoms with Gasteiger partial charge >= 0.3 is 7.12 Å². The Balaban J connectivity index is 2.61. The lowest BCUT2D eigenvalue weighted by molar-refractivity contribution is 0.256. The van der Waals surface area contributed by atoms with Crippen molar-refractivity contribution in [3.05, 3.63) is 29.6 Å². The number of nitrogens with zero attached hydrogens (tertiary/aromatic N) is 2. The maximum Gasteiger partial charge on any atom is 0.488 e. The van der Waals surface area contributed by atoms with Crippen molar-refractivity contribution in [2.45, 2.75) is 19.9 Å². The molecular weight excluding hydrogens is 258 g/mol. The van der Waals surface area contributed by atoms with E-state index >= 15 is 0 Å². The van der Waals surface area contributed by atoms with Gasteiger partial charge in [0.05, 0.1) is 0 Å². The van der Waals surface area contributed by atoms with E-state index < -0.39 is 7.12 Å². The fraction of sp³-hybridized carbons (Fsp3) is 0.571. The third-order valence-corrected chi connectivity index (χ3v) is 3.30. The second-order valence-corrected chi connectivity index (χ2v) is 5.25. The zero-order valence-corrected chi connectivity index (χ0v) is 12.5. The lowest BCUT2D eigenvalue weighted by Crippen LogP contribution is -2.31. The molecule has 1 aromatic carbocycles. The first-order valence-electron chi connectivity index (χ1n) is 6.95. The second-order valence-electron chi connectivity index (χ2n) is 5.25. The molecule has 0 aliphatic heterocycles. The number of hydrogen-bond acceptors (Lipinski definition) is 4. The van der Waals surface area contributed by atoms with Crippen molar-refractivity contribution >= 4 is 12.6 Å². The molecule has 1 aromatic rings. The first-order chi connectivity index (χ1) is 9.43. The molecule has 0 saturated carbocycles. The zero-order valence-electron chi connectivity index (χ0n) is 12.5. The standard InChI is InChI=1S/C14H24BFN2O2/c1-4-18(9-5-8-17(2)3)11-12-6-7-13(15(19)20)10-14(12)16/h6-7,10,19-20H,4-5,8-9,11H2,1-3H3. The smallest absolute Gasteiger partial charge is 0.423 e. The maximum atomic E-state index is 13.9. The third-order valence-electron chi connectivity index (χ3n) is 3.30. The molecule has 0 saturated heterocycles. The Morgan fingerprint density at radius 3 is 2.40 bits per heavy atom. The average molecular weight is 282 g/mol. The van der Waals surface area contributed by atoms with E-state index in [1.54, 1.807) is 12.1 Å². The lowest BCUT2D eigenvalue weighted by Gasteiger charge is -2.22. The summed E-state index contributed by atoms with van der Waals surface area (Å²) < 4.78 is 13.9. The largest absolute Gasteiger partial charge is 0.488 e. The van der Waals surface area contributed by atoms with Crippen LogP contribution in [0.2, 0.25) is 0 Å². The highest BCUT2D eigenvalue weighted by molar-refractivity contribution is 6.58. The Bertz CT molecular complexity index is 416. The monoisotopic (exact) mass is 282 g/mol. The third kappa shape index (κ3) is 5.59. The van der Waals surface area contributed by atoms with E-state index in [0.29, 0.717) is 12.1 Å². The maximum absolute atomic E-state index is 13.9. The zero-order chi connectivity index (χ0) is 15.1. The van der Waals surface area contributed by atoms with Crippen LogP contribution in [0.5, 0.6) is 0 Å². The van der Waals surface area contributed by atoms with E-state index in [0.717, 1.165) is 26.1 Å². The molecular formula is C14H24BFN2O2. The summed E-state index contributed by atoms with van der Waals surface area (Å²) in [6.07, 6.45) is 1.04. The van der Waals surface area contributed by atoms with Crippen molar-refractivity contribution in [1.82, 2.24) is 9.80 Å². The van der Waals surface area contributed by atoms with Crippen LogP contribution in [0, 0.1) is 5.82 Å². The van der Waals surface area contributed by atoms with Crippen LogP contribution in [-0.4, -0.2) is 60.7 Å². The summed E-state index contributed by atoms with van der Waals surface area (Å²) in [6, 6.07) is 4.36. The molecule has 0 fully saturated rings. The van der Waals surface area contributed by atoms with Gasteiger partial charge in [-0.1, -0.05) is 19.1 Å². The van der Waals surface area contributed by atoms with Gasteiger partial charge in [-0.15, -0.1) is 0 Å². The van der Waals surface area contributed by atoms with E-state index in [1.165, 1.54) is 6.07 Å².